The highest BCUT2D eigenvalue weighted by Gasteiger charge is 2.20. The number of rotatable bonds is 6. The third kappa shape index (κ3) is 4.66. The first-order valence-electron chi connectivity index (χ1n) is 5.36. The molecule has 0 spiro atoms. The molecule has 0 bridgehead atoms. The van der Waals surface area contributed by atoms with Crippen LogP contribution >= 0.6 is 0 Å². The lowest BCUT2D eigenvalue weighted by molar-refractivity contribution is -0.384. The minimum atomic E-state index is -3.18. The average molecular weight is 289 g/mol. The summed E-state index contributed by atoms with van der Waals surface area (Å²) in [5.74, 6) is 0.0448. The van der Waals surface area contributed by atoms with Crippen molar-refractivity contribution in [1.29, 1.82) is 0 Å². The Labute approximate surface area is 110 Å². The molecule has 0 amide bonds. The van der Waals surface area contributed by atoms with E-state index in [2.05, 4.69) is 20.6 Å². The second-order valence-electron chi connectivity index (χ2n) is 4.07. The van der Waals surface area contributed by atoms with E-state index in [9.17, 15) is 18.5 Å². The zero-order valence-corrected chi connectivity index (χ0v) is 11.6. The first-order chi connectivity index (χ1) is 8.73. The third-order valence-electron chi connectivity index (χ3n) is 2.13. The Morgan fingerprint density at radius 2 is 2.16 bits per heavy atom. The first-order valence-corrected chi connectivity index (χ1v) is 7.42. The number of hydrogen-bond donors (Lipinski definition) is 2. The van der Waals surface area contributed by atoms with E-state index in [1.807, 2.05) is 0 Å². The maximum absolute atomic E-state index is 11.2. The van der Waals surface area contributed by atoms with Gasteiger partial charge in [-0.15, -0.1) is 0 Å². The van der Waals surface area contributed by atoms with Gasteiger partial charge in [0.15, 0.2) is 0 Å². The standard InChI is InChI=1S/C9H15N5O4S/c1-6(5-19(3,17)18)12-8-7(14(15)16)4-11-9(10-2)13-8/h4,6H,5H2,1-3H3,(H2,10,11,12,13). The molecule has 0 aliphatic carbocycles. The minimum Gasteiger partial charge on any atom is -0.361 e. The maximum atomic E-state index is 11.2. The highest BCUT2D eigenvalue weighted by molar-refractivity contribution is 7.90. The lowest BCUT2D eigenvalue weighted by Gasteiger charge is -2.13. The molecule has 0 saturated heterocycles. The molecule has 1 rings (SSSR count). The summed E-state index contributed by atoms with van der Waals surface area (Å²) >= 11 is 0. The predicted molar refractivity (Wildman–Crippen MR) is 71.0 cm³/mol. The molecule has 0 aliphatic rings. The van der Waals surface area contributed by atoms with Gasteiger partial charge in [0.2, 0.25) is 11.8 Å². The molecule has 1 aromatic rings. The van der Waals surface area contributed by atoms with Crippen molar-refractivity contribution in [3.8, 4) is 0 Å². The monoisotopic (exact) mass is 289 g/mol. The van der Waals surface area contributed by atoms with Crippen molar-refractivity contribution in [2.24, 2.45) is 0 Å². The molecule has 10 heteroatoms. The molecule has 19 heavy (non-hydrogen) atoms. The summed E-state index contributed by atoms with van der Waals surface area (Å²) in [6, 6.07) is -0.506. The van der Waals surface area contributed by atoms with E-state index >= 15 is 0 Å². The number of hydrogen-bond acceptors (Lipinski definition) is 8. The molecular formula is C9H15N5O4S. The van der Waals surface area contributed by atoms with E-state index in [0.717, 1.165) is 12.5 Å². The fourth-order valence-corrected chi connectivity index (χ4v) is 2.46. The molecule has 2 N–H and O–H groups in total. The SMILES string of the molecule is CNc1ncc([N+](=O)[O-])c(NC(C)CS(C)(=O)=O)n1. The minimum absolute atomic E-state index is 0.0134. The van der Waals surface area contributed by atoms with Crippen molar-refractivity contribution in [2.45, 2.75) is 13.0 Å². The summed E-state index contributed by atoms with van der Waals surface area (Å²) in [5, 5.41) is 16.2. The molecule has 0 fully saturated rings. The van der Waals surface area contributed by atoms with Crippen LogP contribution in [0, 0.1) is 10.1 Å². The number of sulfone groups is 1. The zero-order valence-electron chi connectivity index (χ0n) is 10.7. The van der Waals surface area contributed by atoms with E-state index in [-0.39, 0.29) is 23.2 Å². The normalized spacial score (nSPS) is 12.8. The molecule has 0 aliphatic heterocycles. The third-order valence-corrected chi connectivity index (χ3v) is 3.23. The summed E-state index contributed by atoms with van der Waals surface area (Å²) < 4.78 is 22.3. The van der Waals surface area contributed by atoms with Crippen molar-refractivity contribution >= 4 is 27.3 Å². The van der Waals surface area contributed by atoms with Gasteiger partial charge >= 0.3 is 5.69 Å². The van der Waals surface area contributed by atoms with Crippen molar-refractivity contribution < 1.29 is 13.3 Å². The Kier molecular flexibility index (Phi) is 4.59. The molecule has 1 aromatic heterocycles. The van der Waals surface area contributed by atoms with Gasteiger partial charge in [-0.1, -0.05) is 0 Å². The number of aromatic nitrogens is 2. The van der Waals surface area contributed by atoms with Crippen molar-refractivity contribution in [3.63, 3.8) is 0 Å². The summed E-state index contributed by atoms with van der Waals surface area (Å²) in [5.41, 5.74) is -0.306. The van der Waals surface area contributed by atoms with Crippen LogP contribution in [0.25, 0.3) is 0 Å². The van der Waals surface area contributed by atoms with Gasteiger partial charge in [0.05, 0.1) is 10.7 Å². The van der Waals surface area contributed by atoms with Crippen LogP contribution in [0.2, 0.25) is 0 Å². The van der Waals surface area contributed by atoms with Gasteiger partial charge in [-0.3, -0.25) is 10.1 Å². The second-order valence-corrected chi connectivity index (χ2v) is 6.26. The Morgan fingerprint density at radius 3 is 2.63 bits per heavy atom. The number of nitro groups is 1. The fraction of sp³-hybridized carbons (Fsp3) is 0.556. The van der Waals surface area contributed by atoms with Crippen molar-refractivity contribution in [2.75, 3.05) is 29.7 Å². The summed E-state index contributed by atoms with van der Waals surface area (Å²) in [4.78, 5) is 17.9. The lowest BCUT2D eigenvalue weighted by atomic mass is 10.3. The van der Waals surface area contributed by atoms with Crippen molar-refractivity contribution in [1.82, 2.24) is 9.97 Å². The van der Waals surface area contributed by atoms with Crippen LogP contribution in [-0.4, -0.2) is 48.4 Å². The topological polar surface area (TPSA) is 127 Å². The van der Waals surface area contributed by atoms with Crippen LogP contribution < -0.4 is 10.6 Å². The van der Waals surface area contributed by atoms with Gasteiger partial charge in [0.1, 0.15) is 16.0 Å². The Hall–Kier alpha value is -1.97. The van der Waals surface area contributed by atoms with Gasteiger partial charge in [-0.05, 0) is 6.92 Å². The van der Waals surface area contributed by atoms with E-state index < -0.39 is 20.8 Å². The molecule has 0 saturated carbocycles. The molecule has 1 heterocycles. The fourth-order valence-electron chi connectivity index (χ4n) is 1.46. The van der Waals surface area contributed by atoms with Gasteiger partial charge < -0.3 is 10.6 Å². The molecule has 9 nitrogen and oxygen atoms in total. The summed E-state index contributed by atoms with van der Waals surface area (Å²) in [6.45, 7) is 1.60. The molecule has 106 valence electrons. The predicted octanol–water partition coefficient (Wildman–Crippen LogP) is 0.271. The molecule has 1 atom stereocenters. The van der Waals surface area contributed by atoms with Crippen LogP contribution in [0.3, 0.4) is 0 Å². The largest absolute Gasteiger partial charge is 0.361 e. The molecular weight excluding hydrogens is 274 g/mol. The van der Waals surface area contributed by atoms with Crippen LogP contribution in [0.1, 0.15) is 6.92 Å². The highest BCUT2D eigenvalue weighted by Crippen LogP contribution is 2.22. The lowest BCUT2D eigenvalue weighted by Crippen LogP contribution is -2.26. The van der Waals surface area contributed by atoms with Crippen LogP contribution in [0.4, 0.5) is 17.5 Å². The quantitative estimate of drug-likeness (QED) is 0.564. The molecule has 1 unspecified atom stereocenters. The zero-order chi connectivity index (χ0) is 14.6. The van der Waals surface area contributed by atoms with Crippen LogP contribution in [-0.2, 0) is 9.84 Å². The van der Waals surface area contributed by atoms with Gasteiger partial charge in [0.25, 0.3) is 0 Å². The maximum Gasteiger partial charge on any atom is 0.329 e. The van der Waals surface area contributed by atoms with Gasteiger partial charge in [-0.25, -0.2) is 13.4 Å². The van der Waals surface area contributed by atoms with Crippen LogP contribution in [0.15, 0.2) is 6.20 Å². The Morgan fingerprint density at radius 1 is 1.53 bits per heavy atom. The molecule has 0 aromatic carbocycles. The van der Waals surface area contributed by atoms with E-state index in [1.54, 1.807) is 14.0 Å². The molecule has 0 radical (unpaired) electrons. The van der Waals surface area contributed by atoms with Gasteiger partial charge in [0, 0.05) is 19.3 Å². The van der Waals surface area contributed by atoms with E-state index in [0.29, 0.717) is 0 Å². The first kappa shape index (κ1) is 15.1. The average Bonchev–Trinajstić information content (AvgIpc) is 2.25. The summed E-state index contributed by atoms with van der Waals surface area (Å²) in [6.07, 6.45) is 2.16. The number of anilines is 2. The smallest absolute Gasteiger partial charge is 0.329 e. The second kappa shape index (κ2) is 5.78. The number of nitrogens with one attached hydrogen (secondary N) is 2. The summed E-state index contributed by atoms with van der Waals surface area (Å²) in [7, 11) is -1.61. The van der Waals surface area contributed by atoms with E-state index in [1.165, 1.54) is 0 Å². The Balaban J connectivity index is 3.00. The van der Waals surface area contributed by atoms with Crippen LogP contribution in [0.5, 0.6) is 0 Å². The van der Waals surface area contributed by atoms with Gasteiger partial charge in [-0.2, -0.15) is 4.98 Å². The Bertz CT molecular complexity index is 574. The van der Waals surface area contributed by atoms with Crippen molar-refractivity contribution in [3.05, 3.63) is 16.3 Å². The number of nitrogens with zero attached hydrogens (tertiary/aromatic N) is 3. The highest BCUT2D eigenvalue weighted by atomic mass is 32.2. The van der Waals surface area contributed by atoms with E-state index in [4.69, 9.17) is 0 Å².